The lowest BCUT2D eigenvalue weighted by molar-refractivity contribution is 0.502. The van der Waals surface area contributed by atoms with E-state index >= 15 is 0 Å². The van der Waals surface area contributed by atoms with Crippen LogP contribution in [0.1, 0.15) is 44.2 Å². The van der Waals surface area contributed by atoms with Gasteiger partial charge in [-0.15, -0.1) is 0 Å². The number of H-pyrrole nitrogens is 1. The van der Waals surface area contributed by atoms with E-state index < -0.39 is 0 Å². The number of aromatic amines is 1. The van der Waals surface area contributed by atoms with Crippen LogP contribution < -0.4 is 5.73 Å². The van der Waals surface area contributed by atoms with Crippen LogP contribution in [0.15, 0.2) is 6.20 Å². The van der Waals surface area contributed by atoms with Crippen LogP contribution in [0.2, 0.25) is 0 Å². The Morgan fingerprint density at radius 2 is 2.15 bits per heavy atom. The summed E-state index contributed by atoms with van der Waals surface area (Å²) in [5.41, 5.74) is 7.04. The van der Waals surface area contributed by atoms with Crippen LogP contribution in [0.4, 0.5) is 0 Å². The number of hydrogen-bond acceptors (Lipinski definition) is 2. The Morgan fingerprint density at radius 3 is 2.62 bits per heavy atom. The predicted octanol–water partition coefficient (Wildman–Crippen LogP) is 2.15. The lowest BCUT2D eigenvalue weighted by Crippen LogP contribution is -2.11. The van der Waals surface area contributed by atoms with Crippen molar-refractivity contribution in [3.63, 3.8) is 0 Å². The molecule has 0 aromatic carbocycles. The van der Waals surface area contributed by atoms with Gasteiger partial charge in [0.05, 0.1) is 5.69 Å². The normalized spacial score (nSPS) is 13.6. The summed E-state index contributed by atoms with van der Waals surface area (Å²) in [4.78, 5) is 7.29. The second kappa shape index (κ2) is 4.42. The van der Waals surface area contributed by atoms with Gasteiger partial charge in [-0.3, -0.25) is 0 Å². The highest BCUT2D eigenvalue weighted by atomic mass is 14.9. The SMILES string of the molecule is Cc1ncc(C(N)CCC(C)C)[nH]1. The second-order valence-electron chi connectivity index (χ2n) is 4.00. The first-order valence-electron chi connectivity index (χ1n) is 4.86. The predicted molar refractivity (Wildman–Crippen MR) is 54.3 cm³/mol. The molecule has 1 rings (SSSR count). The average Bonchev–Trinajstić information content (AvgIpc) is 2.47. The van der Waals surface area contributed by atoms with E-state index in [0.717, 1.165) is 23.9 Å². The van der Waals surface area contributed by atoms with E-state index in [1.165, 1.54) is 6.42 Å². The number of aryl methyl sites for hydroxylation is 1. The average molecular weight is 181 g/mol. The number of aromatic nitrogens is 2. The highest BCUT2D eigenvalue weighted by molar-refractivity contribution is 5.04. The summed E-state index contributed by atoms with van der Waals surface area (Å²) in [5.74, 6) is 1.66. The number of imidazole rings is 1. The molecule has 3 nitrogen and oxygen atoms in total. The highest BCUT2D eigenvalue weighted by Crippen LogP contribution is 2.16. The van der Waals surface area contributed by atoms with Crippen molar-refractivity contribution in [1.29, 1.82) is 0 Å². The summed E-state index contributed by atoms with van der Waals surface area (Å²) < 4.78 is 0. The van der Waals surface area contributed by atoms with Gasteiger partial charge in [-0.1, -0.05) is 13.8 Å². The van der Waals surface area contributed by atoms with E-state index in [0.29, 0.717) is 0 Å². The molecular weight excluding hydrogens is 162 g/mol. The van der Waals surface area contributed by atoms with E-state index in [9.17, 15) is 0 Å². The van der Waals surface area contributed by atoms with Gasteiger partial charge < -0.3 is 10.7 Å². The number of rotatable bonds is 4. The van der Waals surface area contributed by atoms with Crippen molar-refractivity contribution in [2.75, 3.05) is 0 Å². The van der Waals surface area contributed by atoms with E-state index in [2.05, 4.69) is 23.8 Å². The van der Waals surface area contributed by atoms with Crippen molar-refractivity contribution in [3.8, 4) is 0 Å². The molecule has 0 spiro atoms. The molecule has 3 heteroatoms. The first kappa shape index (κ1) is 10.3. The van der Waals surface area contributed by atoms with Crippen LogP contribution in [0.25, 0.3) is 0 Å². The van der Waals surface area contributed by atoms with Gasteiger partial charge in [0.15, 0.2) is 0 Å². The third-order valence-electron chi connectivity index (χ3n) is 2.18. The van der Waals surface area contributed by atoms with Crippen molar-refractivity contribution < 1.29 is 0 Å². The summed E-state index contributed by atoms with van der Waals surface area (Å²) >= 11 is 0. The minimum atomic E-state index is 0.114. The fourth-order valence-electron chi connectivity index (χ4n) is 1.30. The van der Waals surface area contributed by atoms with E-state index in [1.54, 1.807) is 0 Å². The summed E-state index contributed by atoms with van der Waals surface area (Å²) in [6, 6.07) is 0.114. The number of hydrogen-bond donors (Lipinski definition) is 2. The Labute approximate surface area is 79.8 Å². The first-order chi connectivity index (χ1) is 6.09. The van der Waals surface area contributed by atoms with Crippen LogP contribution in [0.5, 0.6) is 0 Å². The molecule has 0 aliphatic rings. The monoisotopic (exact) mass is 181 g/mol. The van der Waals surface area contributed by atoms with Crippen LogP contribution in [0.3, 0.4) is 0 Å². The Balaban J connectivity index is 2.44. The molecule has 0 aliphatic carbocycles. The van der Waals surface area contributed by atoms with Gasteiger partial charge in [0.1, 0.15) is 5.82 Å². The zero-order chi connectivity index (χ0) is 9.84. The van der Waals surface area contributed by atoms with Crippen molar-refractivity contribution in [2.24, 2.45) is 11.7 Å². The van der Waals surface area contributed by atoms with Gasteiger partial charge in [-0.2, -0.15) is 0 Å². The molecule has 1 aromatic rings. The molecule has 0 aliphatic heterocycles. The maximum absolute atomic E-state index is 5.99. The van der Waals surface area contributed by atoms with Crippen molar-refractivity contribution in [3.05, 3.63) is 17.7 Å². The van der Waals surface area contributed by atoms with Gasteiger partial charge in [0.25, 0.3) is 0 Å². The molecule has 1 unspecified atom stereocenters. The zero-order valence-corrected chi connectivity index (χ0v) is 8.67. The van der Waals surface area contributed by atoms with Gasteiger partial charge in [0, 0.05) is 12.2 Å². The minimum Gasteiger partial charge on any atom is -0.345 e. The second-order valence-corrected chi connectivity index (χ2v) is 4.00. The molecule has 13 heavy (non-hydrogen) atoms. The van der Waals surface area contributed by atoms with Crippen LogP contribution in [0, 0.1) is 12.8 Å². The fraction of sp³-hybridized carbons (Fsp3) is 0.700. The summed E-state index contributed by atoms with van der Waals surface area (Å²) in [7, 11) is 0. The van der Waals surface area contributed by atoms with Gasteiger partial charge in [0.2, 0.25) is 0 Å². The van der Waals surface area contributed by atoms with Crippen molar-refractivity contribution in [1.82, 2.24) is 9.97 Å². The standard InChI is InChI=1S/C10H19N3/c1-7(2)4-5-9(11)10-6-12-8(3)13-10/h6-7,9H,4-5,11H2,1-3H3,(H,12,13). The lowest BCUT2D eigenvalue weighted by Gasteiger charge is -2.10. The topological polar surface area (TPSA) is 54.7 Å². The molecule has 1 aromatic heterocycles. The summed E-state index contributed by atoms with van der Waals surface area (Å²) in [6.07, 6.45) is 4.03. The summed E-state index contributed by atoms with van der Waals surface area (Å²) in [6.45, 7) is 6.37. The molecule has 1 heterocycles. The first-order valence-corrected chi connectivity index (χ1v) is 4.86. The van der Waals surface area contributed by atoms with Gasteiger partial charge >= 0.3 is 0 Å². The minimum absolute atomic E-state index is 0.114. The Kier molecular flexibility index (Phi) is 3.48. The Hall–Kier alpha value is -0.830. The molecule has 74 valence electrons. The largest absolute Gasteiger partial charge is 0.345 e. The summed E-state index contributed by atoms with van der Waals surface area (Å²) in [5, 5.41) is 0. The van der Waals surface area contributed by atoms with E-state index in [4.69, 9.17) is 5.73 Å². The number of nitrogens with two attached hydrogens (primary N) is 1. The third kappa shape index (κ3) is 3.19. The highest BCUT2D eigenvalue weighted by Gasteiger charge is 2.08. The smallest absolute Gasteiger partial charge is 0.103 e. The Morgan fingerprint density at radius 1 is 1.46 bits per heavy atom. The molecule has 1 atom stereocenters. The molecule has 0 radical (unpaired) electrons. The fourth-order valence-corrected chi connectivity index (χ4v) is 1.30. The van der Waals surface area contributed by atoms with Crippen molar-refractivity contribution >= 4 is 0 Å². The molecule has 0 fully saturated rings. The van der Waals surface area contributed by atoms with E-state index in [-0.39, 0.29) is 6.04 Å². The van der Waals surface area contributed by atoms with E-state index in [1.807, 2.05) is 13.1 Å². The Bertz CT molecular complexity index is 252. The third-order valence-corrected chi connectivity index (χ3v) is 2.18. The lowest BCUT2D eigenvalue weighted by atomic mass is 10.0. The van der Waals surface area contributed by atoms with Crippen molar-refractivity contribution in [2.45, 2.75) is 39.7 Å². The molecule has 3 N–H and O–H groups in total. The van der Waals surface area contributed by atoms with Crippen LogP contribution >= 0.6 is 0 Å². The number of nitrogens with one attached hydrogen (secondary N) is 1. The van der Waals surface area contributed by atoms with Gasteiger partial charge in [-0.25, -0.2) is 4.98 Å². The maximum Gasteiger partial charge on any atom is 0.103 e. The van der Waals surface area contributed by atoms with Crippen LogP contribution in [-0.4, -0.2) is 9.97 Å². The maximum atomic E-state index is 5.99. The molecule has 0 saturated heterocycles. The molecule has 0 amide bonds. The van der Waals surface area contributed by atoms with Gasteiger partial charge in [-0.05, 0) is 25.7 Å². The zero-order valence-electron chi connectivity index (χ0n) is 8.67. The number of nitrogens with zero attached hydrogens (tertiary/aromatic N) is 1. The molecular formula is C10H19N3. The molecule has 0 bridgehead atoms. The molecule has 0 saturated carbocycles. The quantitative estimate of drug-likeness (QED) is 0.747. The van der Waals surface area contributed by atoms with Crippen LogP contribution in [-0.2, 0) is 0 Å².